The average molecular weight is 388 g/mol. The van der Waals surface area contributed by atoms with Crippen molar-refractivity contribution in [3.05, 3.63) is 65.9 Å². The van der Waals surface area contributed by atoms with Crippen molar-refractivity contribution in [2.24, 2.45) is 5.41 Å². The zero-order valence-corrected chi connectivity index (χ0v) is 16.8. The van der Waals surface area contributed by atoms with E-state index in [4.69, 9.17) is 4.74 Å². The number of fused-ring (bicyclic) bond motifs is 1. The molecule has 0 atom stereocenters. The predicted octanol–water partition coefficient (Wildman–Crippen LogP) is 5.13. The van der Waals surface area contributed by atoms with Crippen molar-refractivity contribution in [2.45, 2.75) is 26.7 Å². The van der Waals surface area contributed by atoms with E-state index in [0.29, 0.717) is 30.2 Å². The highest BCUT2D eigenvalue weighted by atomic mass is 16.5. The van der Waals surface area contributed by atoms with Gasteiger partial charge >= 0.3 is 0 Å². The quantitative estimate of drug-likeness (QED) is 0.631. The molecule has 1 aromatic heterocycles. The summed E-state index contributed by atoms with van der Waals surface area (Å²) in [4.78, 5) is 22.3. The van der Waals surface area contributed by atoms with Gasteiger partial charge in [0.25, 0.3) is 0 Å². The maximum atomic E-state index is 12.9. The van der Waals surface area contributed by atoms with Gasteiger partial charge in [-0.15, -0.1) is 0 Å². The number of rotatable bonds is 5. The molecule has 2 N–H and O–H groups in total. The molecule has 6 nitrogen and oxygen atoms in total. The zero-order chi connectivity index (χ0) is 20.4. The fourth-order valence-corrected chi connectivity index (χ4v) is 3.60. The van der Waals surface area contributed by atoms with E-state index in [1.807, 2.05) is 54.6 Å². The molecule has 1 aliphatic carbocycles. The third kappa shape index (κ3) is 4.21. The fourth-order valence-electron chi connectivity index (χ4n) is 3.60. The van der Waals surface area contributed by atoms with Gasteiger partial charge < -0.3 is 15.4 Å². The standard InChI is InChI=1S/C23H24N4O2/c1-23(2)13-18-20(19(28)14-23)21(24-16-10-7-11-17(12-16)29-3)27-22(26-18)25-15-8-5-4-6-9-15/h4-12H,13-14H2,1-3H3,(H2,24,25,26,27). The monoisotopic (exact) mass is 388 g/mol. The lowest BCUT2D eigenvalue weighted by molar-refractivity contribution is 0.0911. The van der Waals surface area contributed by atoms with Crippen molar-refractivity contribution in [3.63, 3.8) is 0 Å². The van der Waals surface area contributed by atoms with E-state index in [-0.39, 0.29) is 11.2 Å². The van der Waals surface area contributed by atoms with Crippen LogP contribution < -0.4 is 15.4 Å². The molecule has 0 fully saturated rings. The van der Waals surface area contributed by atoms with E-state index in [0.717, 1.165) is 22.8 Å². The predicted molar refractivity (Wildman–Crippen MR) is 114 cm³/mol. The molecular weight excluding hydrogens is 364 g/mol. The van der Waals surface area contributed by atoms with Gasteiger partial charge in [0.15, 0.2) is 5.78 Å². The summed E-state index contributed by atoms with van der Waals surface area (Å²) in [6.07, 6.45) is 1.19. The van der Waals surface area contributed by atoms with Crippen molar-refractivity contribution in [2.75, 3.05) is 17.7 Å². The van der Waals surface area contributed by atoms with Gasteiger partial charge in [0, 0.05) is 23.9 Å². The van der Waals surface area contributed by atoms with Gasteiger partial charge in [-0.1, -0.05) is 38.1 Å². The van der Waals surface area contributed by atoms with Gasteiger partial charge in [0.1, 0.15) is 11.6 Å². The van der Waals surface area contributed by atoms with Crippen molar-refractivity contribution in [1.29, 1.82) is 0 Å². The summed E-state index contributed by atoms with van der Waals surface area (Å²) >= 11 is 0. The third-order valence-corrected chi connectivity index (χ3v) is 4.91. The number of carbonyl (C=O) groups is 1. The van der Waals surface area contributed by atoms with Crippen LogP contribution in [0.4, 0.5) is 23.1 Å². The van der Waals surface area contributed by atoms with Crippen LogP contribution in [0.5, 0.6) is 5.75 Å². The molecule has 0 unspecified atom stereocenters. The molecule has 1 heterocycles. The number of ketones is 1. The van der Waals surface area contributed by atoms with Crippen LogP contribution in [0.15, 0.2) is 54.6 Å². The number of hydrogen-bond acceptors (Lipinski definition) is 6. The summed E-state index contributed by atoms with van der Waals surface area (Å²) < 4.78 is 5.30. The maximum absolute atomic E-state index is 12.9. The Morgan fingerprint density at radius 1 is 0.931 bits per heavy atom. The minimum absolute atomic E-state index is 0.0629. The van der Waals surface area contributed by atoms with Gasteiger partial charge in [0.2, 0.25) is 5.95 Å². The number of benzene rings is 2. The van der Waals surface area contributed by atoms with Crippen LogP contribution in [-0.2, 0) is 6.42 Å². The Morgan fingerprint density at radius 2 is 1.69 bits per heavy atom. The summed E-state index contributed by atoms with van der Waals surface area (Å²) in [6, 6.07) is 17.3. The highest BCUT2D eigenvalue weighted by Gasteiger charge is 2.35. The Bertz CT molecular complexity index is 1050. The van der Waals surface area contributed by atoms with E-state index in [9.17, 15) is 4.79 Å². The molecule has 2 aromatic carbocycles. The first kappa shape index (κ1) is 18.9. The second kappa shape index (κ2) is 7.54. The van der Waals surface area contributed by atoms with Gasteiger partial charge in [-0.05, 0) is 36.1 Å². The van der Waals surface area contributed by atoms with Gasteiger partial charge in [0.05, 0.1) is 18.4 Å². The topological polar surface area (TPSA) is 76.1 Å². The highest BCUT2D eigenvalue weighted by molar-refractivity contribution is 6.03. The van der Waals surface area contributed by atoms with E-state index in [1.54, 1.807) is 7.11 Å². The molecular formula is C23H24N4O2. The van der Waals surface area contributed by atoms with Crippen molar-refractivity contribution in [3.8, 4) is 5.75 Å². The molecule has 0 spiro atoms. The van der Waals surface area contributed by atoms with Gasteiger partial charge in [-0.2, -0.15) is 4.98 Å². The van der Waals surface area contributed by atoms with Gasteiger partial charge in [-0.3, -0.25) is 4.79 Å². The zero-order valence-electron chi connectivity index (χ0n) is 16.8. The Morgan fingerprint density at radius 3 is 2.45 bits per heavy atom. The Hall–Kier alpha value is -3.41. The minimum atomic E-state index is -0.129. The first-order chi connectivity index (χ1) is 13.9. The molecule has 0 saturated carbocycles. The number of anilines is 4. The molecule has 0 bridgehead atoms. The lowest BCUT2D eigenvalue weighted by Gasteiger charge is -2.30. The molecule has 0 saturated heterocycles. The molecule has 1 aliphatic rings. The Balaban J connectivity index is 1.77. The van der Waals surface area contributed by atoms with E-state index in [1.165, 1.54) is 0 Å². The molecule has 0 amide bonds. The van der Waals surface area contributed by atoms with Crippen molar-refractivity contribution in [1.82, 2.24) is 9.97 Å². The van der Waals surface area contributed by atoms with Crippen LogP contribution >= 0.6 is 0 Å². The number of carbonyl (C=O) groups excluding carboxylic acids is 1. The molecule has 29 heavy (non-hydrogen) atoms. The summed E-state index contributed by atoms with van der Waals surface area (Å²) in [7, 11) is 1.62. The molecule has 3 aromatic rings. The van der Waals surface area contributed by atoms with Crippen LogP contribution in [-0.4, -0.2) is 22.9 Å². The Labute approximate surface area is 170 Å². The molecule has 148 valence electrons. The summed E-state index contributed by atoms with van der Waals surface area (Å²) in [6.45, 7) is 4.19. The number of Topliss-reactive ketones (excluding diaryl/α,β-unsaturated/α-hetero) is 1. The minimum Gasteiger partial charge on any atom is -0.497 e. The third-order valence-electron chi connectivity index (χ3n) is 4.91. The number of nitrogens with zero attached hydrogens (tertiary/aromatic N) is 2. The van der Waals surface area contributed by atoms with E-state index < -0.39 is 0 Å². The summed E-state index contributed by atoms with van der Waals surface area (Å²) in [5, 5.41) is 6.55. The molecule has 0 aliphatic heterocycles. The van der Waals surface area contributed by atoms with Crippen LogP contribution in [0.25, 0.3) is 0 Å². The normalized spacial score (nSPS) is 14.8. The second-order valence-corrected chi connectivity index (χ2v) is 8.01. The van der Waals surface area contributed by atoms with Crippen molar-refractivity contribution < 1.29 is 9.53 Å². The SMILES string of the molecule is COc1cccc(Nc2nc(Nc3ccccc3)nc3c2C(=O)CC(C)(C)C3)c1. The number of aromatic nitrogens is 2. The van der Waals surface area contributed by atoms with Crippen LogP contribution in [0.3, 0.4) is 0 Å². The second-order valence-electron chi connectivity index (χ2n) is 8.01. The number of nitrogens with one attached hydrogen (secondary N) is 2. The molecule has 6 heteroatoms. The molecule has 4 rings (SSSR count). The highest BCUT2D eigenvalue weighted by Crippen LogP contribution is 2.38. The number of hydrogen-bond donors (Lipinski definition) is 2. The largest absolute Gasteiger partial charge is 0.497 e. The van der Waals surface area contributed by atoms with E-state index in [2.05, 4.69) is 34.4 Å². The number of ether oxygens (including phenoxy) is 1. The number of para-hydroxylation sites is 1. The first-order valence-corrected chi connectivity index (χ1v) is 9.61. The summed E-state index contributed by atoms with van der Waals surface area (Å²) in [5.41, 5.74) is 2.90. The Kier molecular flexibility index (Phi) is 4.92. The lowest BCUT2D eigenvalue weighted by atomic mass is 9.75. The van der Waals surface area contributed by atoms with Crippen LogP contribution in [0.2, 0.25) is 0 Å². The van der Waals surface area contributed by atoms with E-state index >= 15 is 0 Å². The first-order valence-electron chi connectivity index (χ1n) is 9.61. The fraction of sp³-hybridized carbons (Fsp3) is 0.261. The lowest BCUT2D eigenvalue weighted by Crippen LogP contribution is -2.29. The van der Waals surface area contributed by atoms with Crippen LogP contribution in [0, 0.1) is 5.41 Å². The summed E-state index contributed by atoms with van der Waals surface area (Å²) in [5.74, 6) is 1.77. The smallest absolute Gasteiger partial charge is 0.229 e. The molecule has 0 radical (unpaired) electrons. The van der Waals surface area contributed by atoms with Crippen LogP contribution in [0.1, 0.15) is 36.3 Å². The average Bonchev–Trinajstić information content (AvgIpc) is 2.67. The number of methoxy groups -OCH3 is 1. The van der Waals surface area contributed by atoms with Gasteiger partial charge in [-0.25, -0.2) is 4.98 Å². The van der Waals surface area contributed by atoms with Crippen molar-refractivity contribution >= 4 is 28.9 Å². The maximum Gasteiger partial charge on any atom is 0.229 e.